The molecule has 0 radical (unpaired) electrons. The lowest BCUT2D eigenvalue weighted by atomic mass is 9.90. The van der Waals surface area contributed by atoms with Gasteiger partial charge in [0.05, 0.1) is 5.69 Å². The van der Waals surface area contributed by atoms with Crippen LogP contribution >= 0.6 is 0 Å². The first-order valence-corrected chi connectivity index (χ1v) is 11.2. The largest absolute Gasteiger partial charge is 0.489 e. The number of benzene rings is 2. The number of aromatic nitrogens is 2. The molecule has 0 atom stereocenters. The van der Waals surface area contributed by atoms with Gasteiger partial charge in [-0.2, -0.15) is 5.10 Å². The highest BCUT2D eigenvalue weighted by molar-refractivity contribution is 5.76. The van der Waals surface area contributed by atoms with Crippen LogP contribution in [0.3, 0.4) is 0 Å². The number of hydrogen-bond donors (Lipinski definition) is 0. The molecule has 0 unspecified atom stereocenters. The summed E-state index contributed by atoms with van der Waals surface area (Å²) in [4.78, 5) is 14.6. The summed E-state index contributed by atoms with van der Waals surface area (Å²) in [6, 6.07) is 16.6. The Labute approximate surface area is 188 Å². The van der Waals surface area contributed by atoms with E-state index in [0.717, 1.165) is 49.3 Å². The van der Waals surface area contributed by atoms with Crippen LogP contribution in [-0.4, -0.2) is 33.7 Å². The van der Waals surface area contributed by atoms with Gasteiger partial charge in [-0.1, -0.05) is 24.3 Å². The van der Waals surface area contributed by atoms with E-state index in [1.165, 1.54) is 17.7 Å². The van der Waals surface area contributed by atoms with Crippen LogP contribution < -0.4 is 4.74 Å². The lowest BCUT2D eigenvalue weighted by molar-refractivity contribution is -0.133. The number of hydrogen-bond acceptors (Lipinski definition) is 3. The number of piperidine rings is 1. The minimum atomic E-state index is -0.264. The Balaban J connectivity index is 1.22. The molecule has 2 aromatic carbocycles. The van der Waals surface area contributed by atoms with Gasteiger partial charge in [0, 0.05) is 18.8 Å². The highest BCUT2D eigenvalue weighted by Gasteiger charge is 2.23. The van der Waals surface area contributed by atoms with Gasteiger partial charge in [0.25, 0.3) is 0 Å². The molecule has 2 heterocycles. The summed E-state index contributed by atoms with van der Waals surface area (Å²) >= 11 is 0. The quantitative estimate of drug-likeness (QED) is 0.541. The predicted octanol–water partition coefficient (Wildman–Crippen LogP) is 4.70. The average Bonchev–Trinajstić information content (AvgIpc) is 3.11. The van der Waals surface area contributed by atoms with Gasteiger partial charge < -0.3 is 9.64 Å². The van der Waals surface area contributed by atoms with E-state index in [1.54, 1.807) is 16.8 Å². The fraction of sp³-hybridized carbons (Fsp3) is 0.385. The molecule has 0 aliphatic carbocycles. The van der Waals surface area contributed by atoms with Gasteiger partial charge >= 0.3 is 0 Å². The van der Waals surface area contributed by atoms with E-state index in [-0.39, 0.29) is 11.7 Å². The first kappa shape index (κ1) is 22.1. The molecule has 5 nitrogen and oxygen atoms in total. The maximum atomic E-state index is 13.0. The molecular weight excluding hydrogens is 405 g/mol. The average molecular weight is 436 g/mol. The van der Waals surface area contributed by atoms with Crippen LogP contribution in [0.2, 0.25) is 0 Å². The number of aryl methyl sites for hydroxylation is 2. The van der Waals surface area contributed by atoms with Crippen molar-refractivity contribution in [2.24, 2.45) is 5.92 Å². The topological polar surface area (TPSA) is 47.4 Å². The van der Waals surface area contributed by atoms with Crippen LogP contribution in [0, 0.1) is 25.6 Å². The second kappa shape index (κ2) is 9.98. The fourth-order valence-electron chi connectivity index (χ4n) is 4.25. The maximum absolute atomic E-state index is 13.0. The van der Waals surface area contributed by atoms with Crippen molar-refractivity contribution in [3.8, 4) is 5.75 Å². The van der Waals surface area contributed by atoms with Crippen LogP contribution in [0.1, 0.15) is 35.4 Å². The van der Waals surface area contributed by atoms with Gasteiger partial charge in [0.15, 0.2) is 0 Å². The van der Waals surface area contributed by atoms with E-state index in [4.69, 9.17) is 4.74 Å². The summed E-state index contributed by atoms with van der Waals surface area (Å²) < 4.78 is 20.5. The number of carbonyl (C=O) groups is 1. The normalized spacial score (nSPS) is 14.5. The molecule has 1 amide bonds. The number of likely N-dealkylation sites (tertiary alicyclic amines) is 1. The first-order chi connectivity index (χ1) is 15.5. The zero-order chi connectivity index (χ0) is 22.5. The SMILES string of the molecule is Cc1cc(C)n(CC(=O)N2CCC(Cc3ccc(COc4ccc(F)cc4)cc3)CC2)n1. The van der Waals surface area contributed by atoms with E-state index in [0.29, 0.717) is 24.8 Å². The summed E-state index contributed by atoms with van der Waals surface area (Å²) in [5.74, 6) is 1.14. The Bertz CT molecular complexity index is 1040. The lowest BCUT2D eigenvalue weighted by Crippen LogP contribution is -2.40. The smallest absolute Gasteiger partial charge is 0.244 e. The molecule has 1 saturated heterocycles. The Morgan fingerprint density at radius 2 is 1.69 bits per heavy atom. The van der Waals surface area contributed by atoms with E-state index in [9.17, 15) is 9.18 Å². The Morgan fingerprint density at radius 1 is 1.03 bits per heavy atom. The molecule has 0 N–H and O–H groups in total. The molecule has 168 valence electrons. The summed E-state index contributed by atoms with van der Waals surface area (Å²) in [5.41, 5.74) is 4.37. The summed E-state index contributed by atoms with van der Waals surface area (Å²) in [6.07, 6.45) is 3.08. The molecule has 0 spiro atoms. The zero-order valence-electron chi connectivity index (χ0n) is 18.8. The first-order valence-electron chi connectivity index (χ1n) is 11.2. The number of nitrogens with zero attached hydrogens (tertiary/aromatic N) is 3. The summed E-state index contributed by atoms with van der Waals surface area (Å²) in [5, 5.41) is 4.40. The van der Waals surface area contributed by atoms with Crippen molar-refractivity contribution in [3.63, 3.8) is 0 Å². The summed E-state index contributed by atoms with van der Waals surface area (Å²) in [6.45, 7) is 6.34. The molecule has 6 heteroatoms. The predicted molar refractivity (Wildman–Crippen MR) is 122 cm³/mol. The van der Waals surface area contributed by atoms with E-state index in [2.05, 4.69) is 29.4 Å². The molecule has 3 aromatic rings. The molecule has 4 rings (SSSR count). The Hall–Kier alpha value is -3.15. The highest BCUT2D eigenvalue weighted by atomic mass is 19.1. The van der Waals surface area contributed by atoms with Crippen molar-refractivity contribution in [1.29, 1.82) is 0 Å². The third-order valence-electron chi connectivity index (χ3n) is 6.12. The monoisotopic (exact) mass is 435 g/mol. The van der Waals surface area contributed by atoms with Crippen molar-refractivity contribution in [2.75, 3.05) is 13.1 Å². The maximum Gasteiger partial charge on any atom is 0.244 e. The molecule has 32 heavy (non-hydrogen) atoms. The van der Waals surface area contributed by atoms with Crippen LogP contribution in [0.5, 0.6) is 5.75 Å². The third-order valence-corrected chi connectivity index (χ3v) is 6.12. The summed E-state index contributed by atoms with van der Waals surface area (Å²) in [7, 11) is 0. The number of ether oxygens (including phenoxy) is 1. The second-order valence-electron chi connectivity index (χ2n) is 8.67. The fourth-order valence-corrected chi connectivity index (χ4v) is 4.25. The van der Waals surface area contributed by atoms with Gasteiger partial charge in [-0.25, -0.2) is 4.39 Å². The van der Waals surface area contributed by atoms with Crippen LogP contribution in [0.4, 0.5) is 4.39 Å². The number of rotatable bonds is 7. The minimum Gasteiger partial charge on any atom is -0.489 e. The Kier molecular flexibility index (Phi) is 6.88. The number of carbonyl (C=O) groups excluding carboxylic acids is 1. The van der Waals surface area contributed by atoms with E-state index < -0.39 is 0 Å². The van der Waals surface area contributed by atoms with Gasteiger partial charge in [0.2, 0.25) is 5.91 Å². The highest BCUT2D eigenvalue weighted by Crippen LogP contribution is 2.23. The second-order valence-corrected chi connectivity index (χ2v) is 8.67. The van der Waals surface area contributed by atoms with E-state index >= 15 is 0 Å². The minimum absolute atomic E-state index is 0.153. The third kappa shape index (κ3) is 5.75. The van der Waals surface area contributed by atoms with Crippen LogP contribution in [-0.2, 0) is 24.4 Å². The molecule has 1 fully saturated rings. The van der Waals surface area contributed by atoms with Gasteiger partial charge in [-0.15, -0.1) is 0 Å². The van der Waals surface area contributed by atoms with Gasteiger partial charge in [-0.3, -0.25) is 9.48 Å². The number of amides is 1. The molecule has 0 bridgehead atoms. The molecule has 1 aromatic heterocycles. The van der Waals surface area contributed by atoms with Crippen molar-refractivity contribution in [2.45, 2.75) is 46.3 Å². The van der Waals surface area contributed by atoms with Crippen molar-refractivity contribution in [3.05, 3.63) is 82.9 Å². The van der Waals surface area contributed by atoms with E-state index in [1.807, 2.05) is 24.8 Å². The van der Waals surface area contributed by atoms with Crippen LogP contribution in [0.15, 0.2) is 54.6 Å². The Morgan fingerprint density at radius 3 is 2.31 bits per heavy atom. The zero-order valence-corrected chi connectivity index (χ0v) is 18.8. The number of halogens is 1. The van der Waals surface area contributed by atoms with Gasteiger partial charge in [-0.05, 0) is 80.5 Å². The van der Waals surface area contributed by atoms with Crippen molar-refractivity contribution in [1.82, 2.24) is 14.7 Å². The molecule has 1 aliphatic heterocycles. The lowest BCUT2D eigenvalue weighted by Gasteiger charge is -2.32. The van der Waals surface area contributed by atoms with Crippen molar-refractivity contribution < 1.29 is 13.9 Å². The van der Waals surface area contributed by atoms with Crippen molar-refractivity contribution >= 4 is 5.91 Å². The standard InChI is InChI=1S/C26H30FN3O2/c1-19-15-20(2)30(28-19)17-26(31)29-13-11-22(12-14-29)16-21-3-5-23(6-4-21)18-32-25-9-7-24(27)8-10-25/h3-10,15,22H,11-14,16-18H2,1-2H3. The molecular formula is C26H30FN3O2. The van der Waals surface area contributed by atoms with Crippen LogP contribution in [0.25, 0.3) is 0 Å². The molecule has 0 saturated carbocycles. The van der Waals surface area contributed by atoms with Gasteiger partial charge in [0.1, 0.15) is 24.7 Å². The molecule has 1 aliphatic rings.